The van der Waals surface area contributed by atoms with Gasteiger partial charge in [0.05, 0.1) is 5.56 Å². The van der Waals surface area contributed by atoms with Crippen molar-refractivity contribution in [3.63, 3.8) is 0 Å². The molecule has 0 spiro atoms. The van der Waals surface area contributed by atoms with Crippen LogP contribution in [0.4, 0.5) is 13.2 Å². The zero-order valence-corrected chi connectivity index (χ0v) is 7.48. The monoisotopic (exact) mass is 219 g/mol. The molecule has 0 fully saturated rings. The minimum absolute atomic E-state index is 0.133. The van der Waals surface area contributed by atoms with Crippen molar-refractivity contribution in [3.8, 4) is 0 Å². The third-order valence-electron chi connectivity index (χ3n) is 1.49. The fourth-order valence-electron chi connectivity index (χ4n) is 0.914. The van der Waals surface area contributed by atoms with Crippen molar-refractivity contribution < 1.29 is 21.9 Å². The van der Waals surface area contributed by atoms with Crippen LogP contribution in [-0.4, -0.2) is 16.6 Å². The van der Waals surface area contributed by atoms with Gasteiger partial charge in [0.1, 0.15) is 7.85 Å². The highest BCUT2D eigenvalue weighted by molar-refractivity contribution is 7.79. The van der Waals surface area contributed by atoms with E-state index in [0.29, 0.717) is 6.07 Å². The van der Waals surface area contributed by atoms with Crippen molar-refractivity contribution in [2.75, 3.05) is 0 Å². The molecule has 0 aliphatic carbocycles. The molecule has 2 radical (unpaired) electrons. The van der Waals surface area contributed by atoms with Gasteiger partial charge in [0, 0.05) is 4.90 Å². The number of hydrogen-bond donors (Lipinski definition) is 0. The lowest BCUT2D eigenvalue weighted by Gasteiger charge is -2.15. The molecule has 1 rings (SSSR count). The molecular weight excluding hydrogens is 216 g/mol. The van der Waals surface area contributed by atoms with Crippen LogP contribution in [0, 0.1) is 0 Å². The largest absolute Gasteiger partial charge is 0.768 e. The summed E-state index contributed by atoms with van der Waals surface area (Å²) in [6.45, 7) is 0. The molecule has 0 N–H and O–H groups in total. The summed E-state index contributed by atoms with van der Waals surface area (Å²) in [6.07, 6.45) is -4.72. The molecule has 7 heteroatoms. The fourth-order valence-corrected chi connectivity index (χ4v) is 1.45. The average molecular weight is 219 g/mol. The Kier molecular flexibility index (Phi) is 3.01. The summed E-state index contributed by atoms with van der Waals surface area (Å²) in [6, 6.07) is 2.51. The topological polar surface area (TPSA) is 40.1 Å². The molecule has 1 atom stereocenters. The molecule has 0 saturated carbocycles. The van der Waals surface area contributed by atoms with Crippen molar-refractivity contribution in [2.45, 2.75) is 11.1 Å². The van der Waals surface area contributed by atoms with Crippen molar-refractivity contribution in [3.05, 3.63) is 23.8 Å². The molecule has 74 valence electrons. The SMILES string of the molecule is [B]c1ccc(S(=O)[O-])c(C(F)(F)F)c1. The zero-order chi connectivity index (χ0) is 10.9. The molecule has 14 heavy (non-hydrogen) atoms. The molecule has 1 aromatic carbocycles. The van der Waals surface area contributed by atoms with Crippen LogP contribution in [0.25, 0.3) is 0 Å². The Bertz CT molecular complexity index is 378. The first kappa shape index (κ1) is 11.3. The minimum Gasteiger partial charge on any atom is -0.768 e. The van der Waals surface area contributed by atoms with E-state index in [1.165, 1.54) is 0 Å². The van der Waals surface area contributed by atoms with E-state index in [2.05, 4.69) is 0 Å². The van der Waals surface area contributed by atoms with Crippen molar-refractivity contribution >= 4 is 24.4 Å². The van der Waals surface area contributed by atoms with Gasteiger partial charge < -0.3 is 4.55 Å². The highest BCUT2D eigenvalue weighted by atomic mass is 32.2. The number of benzene rings is 1. The molecule has 0 heterocycles. The maximum absolute atomic E-state index is 12.3. The summed E-state index contributed by atoms with van der Waals surface area (Å²) >= 11 is -2.92. The van der Waals surface area contributed by atoms with Gasteiger partial charge in [-0.2, -0.15) is 13.2 Å². The third kappa shape index (κ3) is 2.36. The van der Waals surface area contributed by atoms with Crippen LogP contribution in [0.3, 0.4) is 0 Å². The lowest BCUT2D eigenvalue weighted by atomic mass is 9.94. The van der Waals surface area contributed by atoms with E-state index in [-0.39, 0.29) is 5.46 Å². The van der Waals surface area contributed by atoms with Crippen LogP contribution in [0.5, 0.6) is 0 Å². The summed E-state index contributed by atoms with van der Waals surface area (Å²) in [5.41, 5.74) is -1.38. The van der Waals surface area contributed by atoms with Crippen LogP contribution >= 0.6 is 0 Å². The number of halogens is 3. The first-order chi connectivity index (χ1) is 6.32. The molecule has 0 aliphatic rings. The van der Waals surface area contributed by atoms with Crippen LogP contribution < -0.4 is 5.46 Å². The van der Waals surface area contributed by atoms with Crippen molar-refractivity contribution in [1.82, 2.24) is 0 Å². The minimum atomic E-state index is -4.72. The predicted octanol–water partition coefficient (Wildman–Crippen LogP) is 0.737. The molecule has 1 aromatic rings. The van der Waals surface area contributed by atoms with Crippen LogP contribution in [0.15, 0.2) is 23.1 Å². The summed E-state index contributed by atoms with van der Waals surface area (Å²) in [5.74, 6) is 0. The van der Waals surface area contributed by atoms with E-state index in [0.717, 1.165) is 12.1 Å². The van der Waals surface area contributed by atoms with Gasteiger partial charge in [0.15, 0.2) is 0 Å². The van der Waals surface area contributed by atoms with Gasteiger partial charge in [0.2, 0.25) is 0 Å². The zero-order valence-electron chi connectivity index (χ0n) is 6.67. The van der Waals surface area contributed by atoms with Gasteiger partial charge in [-0.25, -0.2) is 0 Å². The molecule has 0 bridgehead atoms. The van der Waals surface area contributed by atoms with Crippen molar-refractivity contribution in [2.24, 2.45) is 0 Å². The average Bonchev–Trinajstić information content (AvgIpc) is 2.01. The van der Waals surface area contributed by atoms with Crippen LogP contribution in [-0.2, 0) is 17.3 Å². The summed E-state index contributed by atoms with van der Waals surface area (Å²) in [7, 11) is 5.12. The lowest BCUT2D eigenvalue weighted by Crippen LogP contribution is -2.15. The van der Waals surface area contributed by atoms with E-state index >= 15 is 0 Å². The molecule has 0 amide bonds. The van der Waals surface area contributed by atoms with Gasteiger partial charge in [-0.05, 0) is 17.1 Å². The molecule has 0 aromatic heterocycles. The van der Waals surface area contributed by atoms with E-state index in [9.17, 15) is 21.9 Å². The standard InChI is InChI=1S/C7H4BF3O2S/c8-4-1-2-6(14(12)13)5(3-4)7(9,10)11/h1-3H,(H,12,13)/p-1. The van der Waals surface area contributed by atoms with Gasteiger partial charge in [-0.1, -0.05) is 17.6 Å². The second-order valence-electron chi connectivity index (χ2n) is 2.49. The fraction of sp³-hybridized carbons (Fsp3) is 0.143. The van der Waals surface area contributed by atoms with Gasteiger partial charge >= 0.3 is 6.18 Å². The molecule has 0 saturated heterocycles. The smallest absolute Gasteiger partial charge is 0.417 e. The Hall–Kier alpha value is -0.815. The molecular formula is C7H3BF3O2S-. The summed E-state index contributed by atoms with van der Waals surface area (Å²) in [4.78, 5) is -0.799. The molecule has 2 nitrogen and oxygen atoms in total. The Morgan fingerprint density at radius 1 is 1.36 bits per heavy atom. The van der Waals surface area contributed by atoms with Crippen LogP contribution in [0.2, 0.25) is 0 Å². The first-order valence-corrected chi connectivity index (χ1v) is 4.46. The number of rotatable bonds is 1. The predicted molar refractivity (Wildman–Crippen MR) is 44.0 cm³/mol. The Morgan fingerprint density at radius 3 is 2.36 bits per heavy atom. The Morgan fingerprint density at radius 2 is 1.93 bits per heavy atom. The number of alkyl halides is 3. The van der Waals surface area contributed by atoms with Gasteiger partial charge in [0.25, 0.3) is 0 Å². The summed E-state index contributed by atoms with van der Waals surface area (Å²) in [5, 5.41) is 0. The number of hydrogen-bond acceptors (Lipinski definition) is 2. The summed E-state index contributed by atoms with van der Waals surface area (Å²) < 4.78 is 57.7. The quantitative estimate of drug-likeness (QED) is 0.516. The maximum Gasteiger partial charge on any atom is 0.417 e. The highest BCUT2D eigenvalue weighted by Gasteiger charge is 2.33. The normalized spacial score (nSPS) is 14.0. The maximum atomic E-state index is 12.3. The van der Waals surface area contributed by atoms with Crippen molar-refractivity contribution in [1.29, 1.82) is 0 Å². The van der Waals surface area contributed by atoms with E-state index in [1.54, 1.807) is 0 Å². The molecule has 1 unspecified atom stereocenters. The van der Waals surface area contributed by atoms with E-state index in [1.807, 2.05) is 0 Å². The second kappa shape index (κ2) is 3.74. The van der Waals surface area contributed by atoms with E-state index < -0.39 is 27.7 Å². The Labute approximate surface area is 81.8 Å². The van der Waals surface area contributed by atoms with Crippen LogP contribution in [0.1, 0.15) is 5.56 Å². The molecule has 0 aliphatic heterocycles. The van der Waals surface area contributed by atoms with Gasteiger partial charge in [-0.3, -0.25) is 4.21 Å². The lowest BCUT2D eigenvalue weighted by molar-refractivity contribution is -0.139. The third-order valence-corrected chi connectivity index (χ3v) is 2.20. The van der Waals surface area contributed by atoms with E-state index in [4.69, 9.17) is 7.85 Å². The Balaban J connectivity index is 3.38. The second-order valence-corrected chi connectivity index (χ2v) is 3.40. The van der Waals surface area contributed by atoms with Gasteiger partial charge in [-0.15, -0.1) is 0 Å². The highest BCUT2D eigenvalue weighted by Crippen LogP contribution is 2.32. The first-order valence-electron chi connectivity index (χ1n) is 3.38.